The molecule has 1 amide bonds. The molecule has 0 aliphatic carbocycles. The van der Waals surface area contributed by atoms with Crippen molar-refractivity contribution in [3.63, 3.8) is 0 Å². The number of nitrogens with zero attached hydrogens (tertiary/aromatic N) is 2. The molecule has 0 spiro atoms. The van der Waals surface area contributed by atoms with Crippen molar-refractivity contribution < 1.29 is 9.53 Å². The molecule has 1 aromatic heterocycles. The summed E-state index contributed by atoms with van der Waals surface area (Å²) < 4.78 is 5.93. The Morgan fingerprint density at radius 3 is 2.81 bits per heavy atom. The van der Waals surface area contributed by atoms with Gasteiger partial charge < -0.3 is 10.1 Å². The number of ether oxygens (including phenoxy) is 1. The van der Waals surface area contributed by atoms with Crippen LogP contribution in [0.3, 0.4) is 0 Å². The Kier molecular flexibility index (Phi) is 4.54. The number of carbonyl (C=O) groups is 1. The van der Waals surface area contributed by atoms with Gasteiger partial charge in [0, 0.05) is 35.0 Å². The first-order valence-electron chi connectivity index (χ1n) is 8.29. The topological polar surface area (TPSA) is 64.1 Å². The first-order chi connectivity index (χ1) is 12.7. The summed E-state index contributed by atoms with van der Waals surface area (Å²) in [6, 6.07) is 12.8. The van der Waals surface area contributed by atoms with Crippen molar-refractivity contribution >= 4 is 17.5 Å². The fraction of sp³-hybridized carbons (Fsp3) is 0.150. The summed E-state index contributed by atoms with van der Waals surface area (Å²) in [5.41, 5.74) is 3.52. The van der Waals surface area contributed by atoms with Crippen LogP contribution in [0.15, 0.2) is 61.1 Å². The Hall–Kier alpha value is -2.92. The second kappa shape index (κ2) is 7.14. The molecule has 0 saturated heterocycles. The van der Waals surface area contributed by atoms with E-state index in [0.717, 1.165) is 29.0 Å². The van der Waals surface area contributed by atoms with Crippen molar-refractivity contribution in [1.82, 2.24) is 15.3 Å². The van der Waals surface area contributed by atoms with Crippen LogP contribution in [0.2, 0.25) is 5.02 Å². The van der Waals surface area contributed by atoms with Gasteiger partial charge in [0.1, 0.15) is 11.9 Å². The minimum Gasteiger partial charge on any atom is -0.488 e. The van der Waals surface area contributed by atoms with Crippen LogP contribution in [-0.2, 0) is 6.42 Å². The minimum absolute atomic E-state index is 0.0849. The predicted octanol–water partition coefficient (Wildman–Crippen LogP) is 3.53. The van der Waals surface area contributed by atoms with Gasteiger partial charge in [-0.05, 0) is 48.0 Å². The van der Waals surface area contributed by atoms with Crippen LogP contribution in [0.4, 0.5) is 0 Å². The fourth-order valence-electron chi connectivity index (χ4n) is 2.95. The molecule has 3 aromatic rings. The zero-order chi connectivity index (χ0) is 17.9. The monoisotopic (exact) mass is 365 g/mol. The number of carbonyl (C=O) groups excluding carboxylic acids is 1. The molecule has 1 N–H and O–H groups in total. The van der Waals surface area contributed by atoms with Crippen LogP contribution in [0, 0.1) is 0 Å². The van der Waals surface area contributed by atoms with E-state index in [1.807, 2.05) is 12.1 Å². The number of hydrogen-bond acceptors (Lipinski definition) is 4. The molecule has 1 atom stereocenters. The quantitative estimate of drug-likeness (QED) is 0.768. The van der Waals surface area contributed by atoms with E-state index in [1.54, 1.807) is 42.9 Å². The van der Waals surface area contributed by atoms with E-state index >= 15 is 0 Å². The molecule has 5 nitrogen and oxygen atoms in total. The van der Waals surface area contributed by atoms with Crippen molar-refractivity contribution in [2.75, 3.05) is 6.54 Å². The highest BCUT2D eigenvalue weighted by molar-refractivity contribution is 6.30. The van der Waals surface area contributed by atoms with E-state index in [4.69, 9.17) is 16.3 Å². The normalized spacial score (nSPS) is 15.2. The summed E-state index contributed by atoms with van der Waals surface area (Å²) in [4.78, 5) is 20.6. The van der Waals surface area contributed by atoms with Gasteiger partial charge in [0.2, 0.25) is 0 Å². The van der Waals surface area contributed by atoms with Crippen LogP contribution in [0.5, 0.6) is 5.75 Å². The number of aromatic nitrogens is 2. The number of hydrogen-bond donors (Lipinski definition) is 1. The van der Waals surface area contributed by atoms with Crippen molar-refractivity contribution in [3.8, 4) is 17.0 Å². The molecular weight excluding hydrogens is 350 g/mol. The Morgan fingerprint density at radius 1 is 1.19 bits per heavy atom. The van der Waals surface area contributed by atoms with E-state index in [0.29, 0.717) is 17.1 Å². The molecule has 130 valence electrons. The van der Waals surface area contributed by atoms with E-state index in [9.17, 15) is 4.79 Å². The van der Waals surface area contributed by atoms with Gasteiger partial charge in [-0.2, -0.15) is 0 Å². The van der Waals surface area contributed by atoms with Crippen molar-refractivity contribution in [1.29, 1.82) is 0 Å². The largest absolute Gasteiger partial charge is 0.488 e. The molecule has 0 unspecified atom stereocenters. The zero-order valence-corrected chi connectivity index (χ0v) is 14.6. The van der Waals surface area contributed by atoms with E-state index < -0.39 is 0 Å². The molecule has 1 aliphatic rings. The standard InChI is InChI=1S/C20H16ClN3O2/c21-16-4-1-13(2-5-16)20(25)24-11-17-10-15-9-14(3-6-19(15)26-17)18-12-22-7-8-23-18/h1-9,12,17H,10-11H2,(H,24,25)/t17-/m1/s1. The van der Waals surface area contributed by atoms with Gasteiger partial charge in [-0.3, -0.25) is 14.8 Å². The molecule has 0 bridgehead atoms. The number of amides is 1. The number of rotatable bonds is 4. The second-order valence-corrected chi connectivity index (χ2v) is 6.51. The molecule has 2 aromatic carbocycles. The summed E-state index contributed by atoms with van der Waals surface area (Å²) in [7, 11) is 0. The lowest BCUT2D eigenvalue weighted by molar-refractivity contribution is 0.0933. The van der Waals surface area contributed by atoms with Gasteiger partial charge in [-0.15, -0.1) is 0 Å². The van der Waals surface area contributed by atoms with Crippen LogP contribution in [-0.4, -0.2) is 28.5 Å². The highest BCUT2D eigenvalue weighted by Gasteiger charge is 2.24. The van der Waals surface area contributed by atoms with Gasteiger partial charge in [-0.1, -0.05) is 11.6 Å². The van der Waals surface area contributed by atoms with Gasteiger partial charge in [0.25, 0.3) is 5.91 Å². The SMILES string of the molecule is O=C(NC[C@H]1Cc2cc(-c3cnccn3)ccc2O1)c1ccc(Cl)cc1. The Morgan fingerprint density at radius 2 is 2.04 bits per heavy atom. The van der Waals surface area contributed by atoms with Crippen LogP contribution < -0.4 is 10.1 Å². The maximum Gasteiger partial charge on any atom is 0.251 e. The molecular formula is C20H16ClN3O2. The number of benzene rings is 2. The summed E-state index contributed by atoms with van der Waals surface area (Å²) in [5.74, 6) is 0.713. The van der Waals surface area contributed by atoms with Crippen molar-refractivity contribution in [3.05, 3.63) is 77.2 Å². The summed E-state index contributed by atoms with van der Waals surface area (Å²) in [6.07, 6.45) is 5.72. The molecule has 0 fully saturated rings. The average Bonchev–Trinajstić information content (AvgIpc) is 3.09. The van der Waals surface area contributed by atoms with E-state index in [-0.39, 0.29) is 12.0 Å². The third-order valence-electron chi connectivity index (χ3n) is 4.26. The fourth-order valence-corrected chi connectivity index (χ4v) is 3.08. The molecule has 0 radical (unpaired) electrons. The van der Waals surface area contributed by atoms with Crippen LogP contribution in [0.1, 0.15) is 15.9 Å². The van der Waals surface area contributed by atoms with Crippen molar-refractivity contribution in [2.24, 2.45) is 0 Å². The number of fused-ring (bicyclic) bond motifs is 1. The lowest BCUT2D eigenvalue weighted by atomic mass is 10.0. The average molecular weight is 366 g/mol. The zero-order valence-electron chi connectivity index (χ0n) is 13.9. The molecule has 4 rings (SSSR count). The first-order valence-corrected chi connectivity index (χ1v) is 8.66. The maximum absolute atomic E-state index is 12.2. The van der Waals surface area contributed by atoms with E-state index in [1.165, 1.54) is 0 Å². The second-order valence-electron chi connectivity index (χ2n) is 6.07. The third kappa shape index (κ3) is 3.53. The van der Waals surface area contributed by atoms with Gasteiger partial charge in [0.05, 0.1) is 18.4 Å². The number of nitrogens with one attached hydrogen (secondary N) is 1. The summed E-state index contributed by atoms with van der Waals surface area (Å²) in [5, 5.41) is 3.52. The molecule has 1 aliphatic heterocycles. The third-order valence-corrected chi connectivity index (χ3v) is 4.51. The Bertz CT molecular complexity index is 930. The maximum atomic E-state index is 12.2. The Labute approximate surface area is 156 Å². The first kappa shape index (κ1) is 16.5. The molecule has 6 heteroatoms. The highest BCUT2D eigenvalue weighted by Crippen LogP contribution is 2.32. The van der Waals surface area contributed by atoms with Gasteiger partial charge in [-0.25, -0.2) is 0 Å². The Balaban J connectivity index is 1.39. The predicted molar refractivity (Wildman–Crippen MR) is 99.4 cm³/mol. The van der Waals surface area contributed by atoms with Crippen LogP contribution >= 0.6 is 11.6 Å². The summed E-state index contributed by atoms with van der Waals surface area (Å²) >= 11 is 5.85. The van der Waals surface area contributed by atoms with Gasteiger partial charge in [0.15, 0.2) is 0 Å². The van der Waals surface area contributed by atoms with Gasteiger partial charge >= 0.3 is 0 Å². The lowest BCUT2D eigenvalue weighted by Gasteiger charge is -2.12. The molecule has 0 saturated carbocycles. The smallest absolute Gasteiger partial charge is 0.251 e. The van der Waals surface area contributed by atoms with Crippen molar-refractivity contribution in [2.45, 2.75) is 12.5 Å². The molecule has 2 heterocycles. The van der Waals surface area contributed by atoms with Crippen LogP contribution in [0.25, 0.3) is 11.3 Å². The summed E-state index contributed by atoms with van der Waals surface area (Å²) in [6.45, 7) is 0.441. The van der Waals surface area contributed by atoms with E-state index in [2.05, 4.69) is 21.4 Å². The lowest BCUT2D eigenvalue weighted by Crippen LogP contribution is -2.34. The highest BCUT2D eigenvalue weighted by atomic mass is 35.5. The number of halogens is 1. The minimum atomic E-state index is -0.138. The molecule has 26 heavy (non-hydrogen) atoms.